The van der Waals surface area contributed by atoms with E-state index in [-0.39, 0.29) is 24.1 Å². The molecule has 0 bridgehead atoms. The predicted octanol–water partition coefficient (Wildman–Crippen LogP) is 6.28. The van der Waals surface area contributed by atoms with Crippen molar-refractivity contribution >= 4 is 10.8 Å². The molecule has 3 unspecified atom stereocenters. The predicted molar refractivity (Wildman–Crippen MR) is 96.2 cm³/mol. The summed E-state index contributed by atoms with van der Waals surface area (Å²) >= 11 is 0. The van der Waals surface area contributed by atoms with Crippen molar-refractivity contribution in [2.45, 2.75) is 43.9 Å². The molecular formula is C22H20F4. The smallest absolute Gasteiger partial charge is 0.202 e. The van der Waals surface area contributed by atoms with Crippen LogP contribution < -0.4 is 0 Å². The Labute approximate surface area is 150 Å². The lowest BCUT2D eigenvalue weighted by Gasteiger charge is -2.33. The summed E-state index contributed by atoms with van der Waals surface area (Å²) in [6.07, 6.45) is 2.63. The van der Waals surface area contributed by atoms with Crippen LogP contribution in [0.1, 0.15) is 37.7 Å². The van der Waals surface area contributed by atoms with Gasteiger partial charge in [0.05, 0.1) is 0 Å². The van der Waals surface area contributed by atoms with Crippen molar-refractivity contribution in [2.24, 2.45) is 5.92 Å². The summed E-state index contributed by atoms with van der Waals surface area (Å²) in [5, 5.41) is 0.602. The third kappa shape index (κ3) is 3.77. The summed E-state index contributed by atoms with van der Waals surface area (Å²) in [4.78, 5) is 0. The number of halogens is 4. The summed E-state index contributed by atoms with van der Waals surface area (Å²) in [5.41, 5.74) is -1.71. The zero-order valence-corrected chi connectivity index (χ0v) is 14.4. The van der Waals surface area contributed by atoms with Crippen molar-refractivity contribution in [3.63, 3.8) is 0 Å². The first-order chi connectivity index (χ1) is 12.4. The molecule has 2 aromatic rings. The second-order valence-electron chi connectivity index (χ2n) is 6.88. The molecule has 1 fully saturated rings. The molecule has 0 amide bonds. The maximum absolute atomic E-state index is 14.9. The summed E-state index contributed by atoms with van der Waals surface area (Å²) in [5.74, 6) is 3.43. The molecule has 1 aliphatic carbocycles. The Balaban J connectivity index is 1.79. The highest BCUT2D eigenvalue weighted by Gasteiger charge is 2.43. The van der Waals surface area contributed by atoms with Gasteiger partial charge in [0.2, 0.25) is 5.67 Å². The van der Waals surface area contributed by atoms with Crippen molar-refractivity contribution < 1.29 is 17.6 Å². The van der Waals surface area contributed by atoms with E-state index in [1.807, 2.05) is 0 Å². The first-order valence-electron chi connectivity index (χ1n) is 8.78. The average molecular weight is 360 g/mol. The zero-order valence-electron chi connectivity index (χ0n) is 14.4. The first kappa shape index (κ1) is 18.5. The van der Waals surface area contributed by atoms with Crippen molar-refractivity contribution in [1.82, 2.24) is 0 Å². The number of rotatable bonds is 3. The Morgan fingerprint density at radius 1 is 1.23 bits per heavy atom. The fourth-order valence-electron chi connectivity index (χ4n) is 3.44. The molecule has 3 atom stereocenters. The minimum atomic E-state index is -2.16. The van der Waals surface area contributed by atoms with Crippen molar-refractivity contribution in [3.8, 4) is 11.8 Å². The van der Waals surface area contributed by atoms with Gasteiger partial charge in [-0.15, -0.1) is 6.58 Å². The third-order valence-electron chi connectivity index (χ3n) is 5.05. The number of allylic oxidation sites excluding steroid dienone is 1. The lowest BCUT2D eigenvalue weighted by atomic mass is 9.77. The Hall–Kier alpha value is -2.28. The normalized spacial score (nSPS) is 25.5. The van der Waals surface area contributed by atoms with Gasteiger partial charge in [-0.1, -0.05) is 30.0 Å². The van der Waals surface area contributed by atoms with E-state index < -0.39 is 23.5 Å². The molecule has 0 spiro atoms. The Morgan fingerprint density at radius 3 is 2.77 bits per heavy atom. The number of alkyl halides is 2. The van der Waals surface area contributed by atoms with E-state index in [2.05, 4.69) is 18.4 Å². The van der Waals surface area contributed by atoms with E-state index in [4.69, 9.17) is 0 Å². The van der Waals surface area contributed by atoms with Crippen LogP contribution in [0, 0.1) is 29.4 Å². The molecule has 136 valence electrons. The monoisotopic (exact) mass is 360 g/mol. The molecule has 1 aliphatic rings. The highest BCUT2D eigenvalue weighted by atomic mass is 19.2. The van der Waals surface area contributed by atoms with Crippen molar-refractivity contribution in [1.29, 1.82) is 0 Å². The van der Waals surface area contributed by atoms with Gasteiger partial charge in [-0.05, 0) is 61.6 Å². The minimum absolute atomic E-state index is 0.0659. The molecule has 0 aliphatic heterocycles. The molecule has 0 nitrogen and oxygen atoms in total. The van der Waals surface area contributed by atoms with Crippen molar-refractivity contribution in [3.05, 3.63) is 60.2 Å². The van der Waals surface area contributed by atoms with E-state index in [0.717, 1.165) is 18.9 Å². The van der Waals surface area contributed by atoms with Crippen LogP contribution >= 0.6 is 0 Å². The van der Waals surface area contributed by atoms with E-state index in [0.29, 0.717) is 17.4 Å². The van der Waals surface area contributed by atoms with Gasteiger partial charge in [0.1, 0.15) is 6.17 Å². The average Bonchev–Trinajstić information content (AvgIpc) is 2.64. The van der Waals surface area contributed by atoms with Crippen LogP contribution in [-0.2, 0) is 0 Å². The van der Waals surface area contributed by atoms with E-state index in [1.165, 1.54) is 18.2 Å². The summed E-state index contributed by atoms with van der Waals surface area (Å²) in [6, 6.07) is 6.92. The van der Waals surface area contributed by atoms with E-state index in [1.54, 1.807) is 12.1 Å². The summed E-state index contributed by atoms with van der Waals surface area (Å²) in [7, 11) is 0. The maximum atomic E-state index is 14.9. The van der Waals surface area contributed by atoms with Crippen molar-refractivity contribution in [2.75, 3.05) is 0 Å². The third-order valence-corrected chi connectivity index (χ3v) is 5.05. The van der Waals surface area contributed by atoms with Gasteiger partial charge in [0, 0.05) is 10.9 Å². The highest BCUT2D eigenvalue weighted by molar-refractivity contribution is 5.84. The molecule has 4 heteroatoms. The van der Waals surface area contributed by atoms with Crippen LogP contribution in [0.4, 0.5) is 17.6 Å². The van der Waals surface area contributed by atoms with Gasteiger partial charge in [0.25, 0.3) is 0 Å². The second-order valence-corrected chi connectivity index (χ2v) is 6.88. The van der Waals surface area contributed by atoms with Crippen LogP contribution in [0.15, 0.2) is 43.0 Å². The summed E-state index contributed by atoms with van der Waals surface area (Å²) < 4.78 is 56.2. The van der Waals surface area contributed by atoms with Crippen LogP contribution in [0.5, 0.6) is 0 Å². The lowest BCUT2D eigenvalue weighted by molar-refractivity contribution is 0.0365. The summed E-state index contributed by atoms with van der Waals surface area (Å²) in [6.45, 7) is 3.65. The fraction of sp³-hybridized carbons (Fsp3) is 0.364. The molecule has 0 heterocycles. The van der Waals surface area contributed by atoms with E-state index >= 15 is 0 Å². The number of hydrogen-bond acceptors (Lipinski definition) is 0. The standard InChI is InChI=1S/C22H20F4/c1-2-3-4-15-9-11-22(26,20(24)14-15)12-10-16-5-7-18-17(13-16)6-8-19(23)21(18)25/h2,5-8,13,15,20H,1,3-4,9,11,14H2. The number of benzene rings is 2. The van der Waals surface area contributed by atoms with Gasteiger partial charge in [-0.2, -0.15) is 0 Å². The molecule has 3 rings (SSSR count). The number of hydrogen-bond donors (Lipinski definition) is 0. The second kappa shape index (κ2) is 7.53. The molecule has 0 radical (unpaired) electrons. The highest BCUT2D eigenvalue weighted by Crippen LogP contribution is 2.39. The van der Waals surface area contributed by atoms with E-state index in [9.17, 15) is 17.6 Å². The van der Waals surface area contributed by atoms with Crippen LogP contribution in [-0.4, -0.2) is 11.8 Å². The Bertz CT molecular complexity index is 877. The molecule has 26 heavy (non-hydrogen) atoms. The van der Waals surface area contributed by atoms with Gasteiger partial charge in [-0.25, -0.2) is 17.6 Å². The molecule has 1 saturated carbocycles. The van der Waals surface area contributed by atoms with Crippen LogP contribution in [0.25, 0.3) is 10.8 Å². The Kier molecular flexibility index (Phi) is 5.36. The lowest BCUT2D eigenvalue weighted by Crippen LogP contribution is -2.39. The van der Waals surface area contributed by atoms with Crippen LogP contribution in [0.2, 0.25) is 0 Å². The topological polar surface area (TPSA) is 0 Å². The molecular weight excluding hydrogens is 340 g/mol. The number of fused-ring (bicyclic) bond motifs is 1. The SMILES string of the molecule is C=CCCC1CCC(F)(C#Cc2ccc3c(F)c(F)ccc3c2)C(F)C1. The van der Waals surface area contributed by atoms with Gasteiger partial charge >= 0.3 is 0 Å². The minimum Gasteiger partial charge on any atom is -0.243 e. The van der Waals surface area contributed by atoms with Gasteiger partial charge in [0.15, 0.2) is 11.6 Å². The first-order valence-corrected chi connectivity index (χ1v) is 8.78. The molecule has 0 N–H and O–H groups in total. The van der Waals surface area contributed by atoms with Gasteiger partial charge in [-0.3, -0.25) is 0 Å². The Morgan fingerprint density at radius 2 is 2.04 bits per heavy atom. The molecule has 2 aromatic carbocycles. The molecule has 0 aromatic heterocycles. The zero-order chi connectivity index (χ0) is 18.7. The van der Waals surface area contributed by atoms with Gasteiger partial charge < -0.3 is 0 Å². The maximum Gasteiger partial charge on any atom is 0.202 e. The quantitative estimate of drug-likeness (QED) is 0.343. The van der Waals surface area contributed by atoms with Crippen LogP contribution in [0.3, 0.4) is 0 Å². The largest absolute Gasteiger partial charge is 0.243 e. The fourth-order valence-corrected chi connectivity index (χ4v) is 3.44. The molecule has 0 saturated heterocycles.